The molecule has 0 unspecified atom stereocenters. The molecule has 31 heavy (non-hydrogen) atoms. The highest BCUT2D eigenvalue weighted by atomic mass is 16.6. The first kappa shape index (κ1) is 22.6. The topological polar surface area (TPSA) is 58.6 Å². The third kappa shape index (κ3) is 5.54. The van der Waals surface area contributed by atoms with Crippen LogP contribution in [0.4, 0.5) is 4.79 Å². The first-order valence-corrected chi connectivity index (χ1v) is 10.7. The maximum atomic E-state index is 13.3. The zero-order valence-corrected chi connectivity index (χ0v) is 19.1. The smallest absolute Gasteiger partial charge is 0.408 e. The average Bonchev–Trinajstić information content (AvgIpc) is 2.68. The summed E-state index contributed by atoms with van der Waals surface area (Å²) in [5, 5.41) is 3.06. The van der Waals surface area contributed by atoms with E-state index in [1.165, 1.54) is 0 Å². The van der Waals surface area contributed by atoms with Gasteiger partial charge in [-0.2, -0.15) is 0 Å². The maximum absolute atomic E-state index is 13.3. The lowest BCUT2D eigenvalue weighted by Crippen LogP contribution is -2.52. The Hall–Kier alpha value is -3.08. The van der Waals surface area contributed by atoms with Gasteiger partial charge in [0.2, 0.25) is 0 Å². The number of ether oxygens (including phenoxy) is 1. The van der Waals surface area contributed by atoms with E-state index in [0.29, 0.717) is 11.1 Å². The van der Waals surface area contributed by atoms with Gasteiger partial charge in [0.1, 0.15) is 5.60 Å². The molecule has 0 bridgehead atoms. The van der Waals surface area contributed by atoms with Crippen molar-refractivity contribution in [3.8, 4) is 0 Å². The lowest BCUT2D eigenvalue weighted by Gasteiger charge is -2.43. The Bertz CT molecular complexity index is 950. The minimum Gasteiger partial charge on any atom is -0.444 e. The standard InChI is InChI=1S/C26H32N2O3/c1-25(2,3)31-24(30)27-26(16-9-17-26)21-14-12-20(13-15-21)23(29)22(18-28(4)5)19-10-7-6-8-11-19/h6-8,10-15,18H,9,16-17H2,1-5H3,(H,27,30)/b22-18+. The second kappa shape index (κ2) is 8.96. The van der Waals surface area contributed by atoms with Gasteiger partial charge in [-0.25, -0.2) is 4.79 Å². The van der Waals surface area contributed by atoms with Crippen LogP contribution in [0.3, 0.4) is 0 Å². The van der Waals surface area contributed by atoms with Crippen molar-refractivity contribution in [3.63, 3.8) is 0 Å². The highest BCUT2D eigenvalue weighted by Gasteiger charge is 2.41. The van der Waals surface area contributed by atoms with Crippen LogP contribution in [-0.4, -0.2) is 36.5 Å². The van der Waals surface area contributed by atoms with Gasteiger partial charge in [0, 0.05) is 31.4 Å². The number of nitrogens with one attached hydrogen (secondary N) is 1. The van der Waals surface area contributed by atoms with E-state index in [1.54, 1.807) is 0 Å². The molecule has 0 aliphatic heterocycles. The summed E-state index contributed by atoms with van der Waals surface area (Å²) < 4.78 is 5.45. The number of amides is 1. The van der Waals surface area contributed by atoms with E-state index in [4.69, 9.17) is 4.74 Å². The maximum Gasteiger partial charge on any atom is 0.408 e. The van der Waals surface area contributed by atoms with Crippen LogP contribution in [0.2, 0.25) is 0 Å². The quantitative estimate of drug-likeness (QED) is 0.504. The molecule has 1 fully saturated rings. The van der Waals surface area contributed by atoms with Crippen molar-refractivity contribution in [1.82, 2.24) is 10.2 Å². The van der Waals surface area contributed by atoms with Crippen LogP contribution >= 0.6 is 0 Å². The number of nitrogens with zero attached hydrogens (tertiary/aromatic N) is 1. The summed E-state index contributed by atoms with van der Waals surface area (Å²) in [6.07, 6.45) is 4.20. The van der Waals surface area contributed by atoms with Crippen LogP contribution in [0.1, 0.15) is 61.5 Å². The molecule has 5 nitrogen and oxygen atoms in total. The summed E-state index contributed by atoms with van der Waals surface area (Å²) in [4.78, 5) is 27.5. The molecule has 1 aliphatic rings. The molecule has 0 aromatic heterocycles. The fraction of sp³-hybridized carbons (Fsp3) is 0.385. The molecule has 2 aromatic rings. The fourth-order valence-electron chi connectivity index (χ4n) is 3.75. The van der Waals surface area contributed by atoms with Gasteiger partial charge in [0.15, 0.2) is 5.78 Å². The summed E-state index contributed by atoms with van der Waals surface area (Å²) in [5.74, 6) is -0.0331. The molecule has 0 saturated heterocycles. The van der Waals surface area contributed by atoms with Gasteiger partial charge >= 0.3 is 6.09 Å². The summed E-state index contributed by atoms with van der Waals surface area (Å²) in [7, 11) is 3.81. The van der Waals surface area contributed by atoms with Crippen molar-refractivity contribution < 1.29 is 14.3 Å². The van der Waals surface area contributed by atoms with Crippen molar-refractivity contribution in [3.05, 3.63) is 77.5 Å². The molecule has 1 aliphatic carbocycles. The van der Waals surface area contributed by atoms with E-state index in [9.17, 15) is 9.59 Å². The number of hydrogen-bond acceptors (Lipinski definition) is 4. The first-order chi connectivity index (χ1) is 14.6. The Morgan fingerprint density at radius 3 is 2.06 bits per heavy atom. The number of hydrogen-bond donors (Lipinski definition) is 1. The van der Waals surface area contributed by atoms with Crippen LogP contribution in [0.5, 0.6) is 0 Å². The van der Waals surface area contributed by atoms with E-state index in [1.807, 2.05) is 101 Å². The number of benzene rings is 2. The van der Waals surface area contributed by atoms with Crippen molar-refractivity contribution in [2.75, 3.05) is 14.1 Å². The van der Waals surface area contributed by atoms with Gasteiger partial charge in [-0.3, -0.25) is 4.79 Å². The molecule has 5 heteroatoms. The zero-order chi connectivity index (χ0) is 22.6. The van der Waals surface area contributed by atoms with Gasteiger partial charge in [0.25, 0.3) is 0 Å². The van der Waals surface area contributed by atoms with Crippen LogP contribution < -0.4 is 5.32 Å². The number of allylic oxidation sites excluding steroid dienone is 1. The monoisotopic (exact) mass is 420 g/mol. The van der Waals surface area contributed by atoms with Gasteiger partial charge in [0.05, 0.1) is 5.54 Å². The van der Waals surface area contributed by atoms with E-state index in [-0.39, 0.29) is 5.78 Å². The minimum atomic E-state index is -0.544. The van der Waals surface area contributed by atoms with E-state index in [0.717, 1.165) is 30.4 Å². The zero-order valence-electron chi connectivity index (χ0n) is 19.1. The molecule has 3 rings (SSSR count). The molecule has 0 radical (unpaired) electrons. The number of ketones is 1. The second-order valence-electron chi connectivity index (χ2n) is 9.34. The number of Topliss-reactive ketones (excluding diaryl/α,β-unsaturated/α-hetero) is 1. The van der Waals surface area contributed by atoms with Crippen LogP contribution in [-0.2, 0) is 10.3 Å². The molecule has 2 aromatic carbocycles. The predicted octanol–water partition coefficient (Wildman–Crippen LogP) is 5.38. The Balaban J connectivity index is 1.83. The summed E-state index contributed by atoms with van der Waals surface area (Å²) >= 11 is 0. The largest absolute Gasteiger partial charge is 0.444 e. The Morgan fingerprint density at radius 1 is 0.968 bits per heavy atom. The van der Waals surface area contributed by atoms with Crippen LogP contribution in [0, 0.1) is 0 Å². The number of carbonyl (C=O) groups is 2. The number of rotatable bonds is 6. The Labute approximate surface area is 185 Å². The SMILES string of the molecule is CN(C)/C=C(/C(=O)c1ccc(C2(NC(=O)OC(C)(C)C)CCC2)cc1)c1ccccc1. The molecular formula is C26H32N2O3. The molecule has 1 amide bonds. The van der Waals surface area contributed by atoms with E-state index in [2.05, 4.69) is 5.32 Å². The van der Waals surface area contributed by atoms with Gasteiger partial charge in [-0.15, -0.1) is 0 Å². The molecule has 0 heterocycles. The first-order valence-electron chi connectivity index (χ1n) is 10.7. The number of alkyl carbamates (subject to hydrolysis) is 1. The van der Waals surface area contributed by atoms with Crippen LogP contribution in [0.15, 0.2) is 60.8 Å². The highest BCUT2D eigenvalue weighted by molar-refractivity contribution is 6.28. The third-order valence-electron chi connectivity index (χ3n) is 5.36. The van der Waals surface area contributed by atoms with E-state index < -0.39 is 17.2 Å². The Morgan fingerprint density at radius 2 is 1.58 bits per heavy atom. The predicted molar refractivity (Wildman–Crippen MR) is 124 cm³/mol. The lowest BCUT2D eigenvalue weighted by molar-refractivity contribution is 0.0377. The van der Waals surface area contributed by atoms with Crippen LogP contribution in [0.25, 0.3) is 5.57 Å². The van der Waals surface area contributed by atoms with E-state index >= 15 is 0 Å². The molecule has 0 spiro atoms. The molecule has 1 N–H and O–H groups in total. The van der Waals surface area contributed by atoms with Gasteiger partial charge in [-0.1, -0.05) is 54.6 Å². The lowest BCUT2D eigenvalue weighted by atomic mass is 9.71. The number of carbonyl (C=O) groups excluding carboxylic acids is 2. The summed E-state index contributed by atoms with van der Waals surface area (Å²) in [6, 6.07) is 17.3. The minimum absolute atomic E-state index is 0.0331. The van der Waals surface area contributed by atoms with Crippen molar-refractivity contribution in [1.29, 1.82) is 0 Å². The van der Waals surface area contributed by atoms with Crippen molar-refractivity contribution >= 4 is 17.4 Å². The molecule has 0 atom stereocenters. The van der Waals surface area contributed by atoms with Crippen molar-refractivity contribution in [2.45, 2.75) is 51.2 Å². The molecule has 1 saturated carbocycles. The fourth-order valence-corrected chi connectivity index (χ4v) is 3.75. The van der Waals surface area contributed by atoms with Gasteiger partial charge < -0.3 is 15.0 Å². The normalized spacial score (nSPS) is 15.6. The Kier molecular flexibility index (Phi) is 6.54. The third-order valence-corrected chi connectivity index (χ3v) is 5.36. The average molecular weight is 421 g/mol. The van der Waals surface area contributed by atoms with Gasteiger partial charge in [-0.05, 0) is 51.2 Å². The second-order valence-corrected chi connectivity index (χ2v) is 9.34. The van der Waals surface area contributed by atoms with Crippen molar-refractivity contribution in [2.24, 2.45) is 0 Å². The molecular weight excluding hydrogens is 388 g/mol. The summed E-state index contributed by atoms with van der Waals surface area (Å²) in [6.45, 7) is 5.56. The summed E-state index contributed by atoms with van der Waals surface area (Å²) in [5.41, 5.74) is 2.17. The molecule has 164 valence electrons. The highest BCUT2D eigenvalue weighted by Crippen LogP contribution is 2.41.